The number of nitrogens with zero attached hydrogens (tertiary/aromatic N) is 6. The van der Waals surface area contributed by atoms with E-state index < -0.39 is 16.3 Å². The number of fused-ring (bicyclic) bond motifs is 1. The number of hydrogen-bond acceptors (Lipinski definition) is 7. The average molecular weight is 483 g/mol. The van der Waals surface area contributed by atoms with Gasteiger partial charge in [-0.2, -0.15) is 9.65 Å². The first-order chi connectivity index (χ1) is 15.8. The molecular weight excluding hydrogens is 462 g/mol. The third-order valence-electron chi connectivity index (χ3n) is 5.17. The number of anilines is 1. The minimum absolute atomic E-state index is 0.00350. The molecule has 33 heavy (non-hydrogen) atoms. The molecule has 168 valence electrons. The summed E-state index contributed by atoms with van der Waals surface area (Å²) in [5, 5.41) is 11.1. The van der Waals surface area contributed by atoms with Crippen molar-refractivity contribution in [1.29, 1.82) is 0 Å². The first kappa shape index (κ1) is 21.4. The van der Waals surface area contributed by atoms with E-state index in [4.69, 9.17) is 0 Å². The van der Waals surface area contributed by atoms with Gasteiger partial charge in [0.2, 0.25) is 0 Å². The summed E-state index contributed by atoms with van der Waals surface area (Å²) in [6, 6.07) is 7.39. The van der Waals surface area contributed by atoms with Gasteiger partial charge in [0.05, 0.1) is 28.8 Å². The maximum absolute atomic E-state index is 13.0. The van der Waals surface area contributed by atoms with Crippen molar-refractivity contribution in [3.8, 4) is 5.82 Å². The number of pyridine rings is 1. The van der Waals surface area contributed by atoms with E-state index in [1.54, 1.807) is 22.1 Å². The van der Waals surface area contributed by atoms with Crippen molar-refractivity contribution in [3.63, 3.8) is 0 Å². The Morgan fingerprint density at radius 1 is 1.36 bits per heavy atom. The van der Waals surface area contributed by atoms with Crippen LogP contribution in [-0.2, 0) is 21.0 Å². The summed E-state index contributed by atoms with van der Waals surface area (Å²) in [6.07, 6.45) is 8.56. The van der Waals surface area contributed by atoms with E-state index in [9.17, 15) is 13.6 Å². The fourth-order valence-electron chi connectivity index (χ4n) is 3.60. The highest BCUT2D eigenvalue weighted by Gasteiger charge is 2.26. The number of carbonyl (C=O) groups is 1. The average Bonchev–Trinajstić information content (AvgIpc) is 3.51. The molecule has 2 atom stereocenters. The van der Waals surface area contributed by atoms with Gasteiger partial charge in [-0.3, -0.25) is 4.79 Å². The molecule has 4 heterocycles. The number of carbonyl (C=O) groups excluding carboxylic acids is 1. The van der Waals surface area contributed by atoms with E-state index in [1.165, 1.54) is 17.3 Å². The maximum Gasteiger partial charge on any atom is 0.330 e. The van der Waals surface area contributed by atoms with Gasteiger partial charge in [-0.15, -0.1) is 16.4 Å². The molecule has 10 nitrogen and oxygen atoms in total. The molecule has 0 fully saturated rings. The van der Waals surface area contributed by atoms with Gasteiger partial charge in [0.25, 0.3) is 5.91 Å². The van der Waals surface area contributed by atoms with Gasteiger partial charge in [0, 0.05) is 16.5 Å². The smallest absolute Gasteiger partial charge is 0.318 e. The zero-order valence-electron chi connectivity index (χ0n) is 17.7. The van der Waals surface area contributed by atoms with Crippen LogP contribution in [0, 0.1) is 6.92 Å². The zero-order valence-corrected chi connectivity index (χ0v) is 19.4. The number of rotatable bonds is 5. The van der Waals surface area contributed by atoms with Gasteiger partial charge >= 0.3 is 10.4 Å². The number of aryl methyl sites for hydroxylation is 1. The Morgan fingerprint density at radius 2 is 2.21 bits per heavy atom. The molecule has 12 heteroatoms. The van der Waals surface area contributed by atoms with Crippen LogP contribution in [0.25, 0.3) is 11.9 Å². The van der Waals surface area contributed by atoms with Crippen LogP contribution in [0.2, 0.25) is 0 Å². The Balaban J connectivity index is 1.49. The second kappa shape index (κ2) is 8.14. The predicted octanol–water partition coefficient (Wildman–Crippen LogP) is 3.20. The number of hydrogen-bond donors (Lipinski definition) is 2. The molecule has 5 rings (SSSR count). The number of nitrogens with one attached hydrogen (secondary N) is 1. The molecule has 2 N–H and O–H groups in total. The van der Waals surface area contributed by atoms with Gasteiger partial charge in [0.1, 0.15) is 6.20 Å². The number of thiazole rings is 1. The third-order valence-corrected chi connectivity index (χ3v) is 6.93. The molecule has 1 aliphatic rings. The second-order valence-electron chi connectivity index (χ2n) is 7.68. The molecule has 4 aromatic rings. The monoisotopic (exact) mass is 482 g/mol. The largest absolute Gasteiger partial charge is 0.330 e. The molecule has 1 amide bonds. The van der Waals surface area contributed by atoms with Crippen molar-refractivity contribution in [2.75, 3.05) is 11.6 Å². The first-order valence-corrected chi connectivity index (χ1v) is 12.8. The Hall–Kier alpha value is -3.48. The quantitative estimate of drug-likeness (QED) is 0.418. The molecule has 0 saturated carbocycles. The lowest BCUT2D eigenvalue weighted by Crippen LogP contribution is -2.18. The summed E-state index contributed by atoms with van der Waals surface area (Å²) in [7, 11) is -3.29. The molecule has 0 saturated heterocycles. The van der Waals surface area contributed by atoms with Crippen LogP contribution in [0.1, 0.15) is 38.4 Å². The zero-order chi connectivity index (χ0) is 23.2. The van der Waals surface area contributed by atoms with Crippen LogP contribution in [0.3, 0.4) is 0 Å². The van der Waals surface area contributed by atoms with E-state index in [0.717, 1.165) is 33.8 Å². The minimum atomic E-state index is -3.29. The molecule has 4 aromatic heterocycles. The molecule has 0 aromatic carbocycles. The van der Waals surface area contributed by atoms with Crippen LogP contribution in [0.15, 0.2) is 48.2 Å². The van der Waals surface area contributed by atoms with Crippen molar-refractivity contribution in [2.45, 2.75) is 19.3 Å². The third kappa shape index (κ3) is 4.27. The number of aromatic nitrogens is 6. The van der Waals surface area contributed by atoms with E-state index in [2.05, 4.69) is 31.6 Å². The molecule has 1 aliphatic carbocycles. The van der Waals surface area contributed by atoms with Gasteiger partial charge in [0.15, 0.2) is 17.8 Å². The second-order valence-corrected chi connectivity index (χ2v) is 10.5. The van der Waals surface area contributed by atoms with E-state index in [-0.39, 0.29) is 11.6 Å². The predicted molar refractivity (Wildman–Crippen MR) is 126 cm³/mol. The van der Waals surface area contributed by atoms with Crippen molar-refractivity contribution in [1.82, 2.24) is 28.9 Å². The SMILES string of the molecule is Cc1cccc(-n2nc(C(=O)Nc3cnn([S+](C)(=O)O)c3)cc2C2C=Cc3ncsc3C2)n1. The van der Waals surface area contributed by atoms with Crippen LogP contribution in [-0.4, -0.2) is 45.6 Å². The molecule has 2 unspecified atom stereocenters. The van der Waals surface area contributed by atoms with Crippen molar-refractivity contribution in [3.05, 3.63) is 75.9 Å². The fourth-order valence-corrected chi connectivity index (χ4v) is 4.94. The van der Waals surface area contributed by atoms with Gasteiger partial charge in [-0.1, -0.05) is 16.2 Å². The van der Waals surface area contributed by atoms with E-state index >= 15 is 0 Å². The highest BCUT2D eigenvalue weighted by molar-refractivity contribution is 7.95. The summed E-state index contributed by atoms with van der Waals surface area (Å²) in [5.41, 5.74) is 4.96. The summed E-state index contributed by atoms with van der Waals surface area (Å²) >= 11 is 1.61. The lowest BCUT2D eigenvalue weighted by molar-refractivity contribution is 0.102. The Morgan fingerprint density at radius 3 is 2.97 bits per heavy atom. The lowest BCUT2D eigenvalue weighted by Gasteiger charge is -2.17. The standard InChI is InChI=1S/C21H19N7O3S2/c1-13-4-3-5-20(24-13)28-18(14-6-7-16-19(8-14)32-12-22-16)9-17(26-28)21(29)25-15-10-23-27(11-15)33(2,30)31/h3-7,9-12,14H,8H2,1-2H3,(H-,25,29,30,31)/p+1. The van der Waals surface area contributed by atoms with Crippen molar-refractivity contribution < 1.29 is 13.6 Å². The van der Waals surface area contributed by atoms with Gasteiger partial charge in [-0.25, -0.2) is 14.6 Å². The molecular formula is C21H20N7O3S2+. The summed E-state index contributed by atoms with van der Waals surface area (Å²) in [5.74, 6) is 0.156. The Kier molecular flexibility index (Phi) is 5.27. The lowest BCUT2D eigenvalue weighted by atomic mass is 9.94. The van der Waals surface area contributed by atoms with Crippen LogP contribution < -0.4 is 5.32 Å². The van der Waals surface area contributed by atoms with Crippen molar-refractivity contribution in [2.24, 2.45) is 0 Å². The maximum atomic E-state index is 13.0. The summed E-state index contributed by atoms with van der Waals surface area (Å²) in [6.45, 7) is 1.90. The highest BCUT2D eigenvalue weighted by Crippen LogP contribution is 2.33. The van der Waals surface area contributed by atoms with Crippen LogP contribution in [0.4, 0.5) is 5.69 Å². The molecule has 0 spiro atoms. The van der Waals surface area contributed by atoms with Crippen molar-refractivity contribution >= 4 is 39.4 Å². The Bertz CT molecular complexity index is 1430. The van der Waals surface area contributed by atoms with E-state index in [1.807, 2.05) is 36.7 Å². The van der Waals surface area contributed by atoms with Gasteiger partial charge < -0.3 is 5.32 Å². The minimum Gasteiger partial charge on any atom is -0.318 e. The summed E-state index contributed by atoms with van der Waals surface area (Å²) < 4.78 is 24.0. The normalized spacial score (nSPS) is 16.9. The highest BCUT2D eigenvalue weighted by atomic mass is 32.3. The summed E-state index contributed by atoms with van der Waals surface area (Å²) in [4.78, 5) is 23.1. The number of allylic oxidation sites excluding steroid dienone is 1. The molecule has 0 aliphatic heterocycles. The topological polar surface area (TPSA) is 128 Å². The first-order valence-electron chi connectivity index (χ1n) is 10.0. The molecule has 0 bridgehead atoms. The van der Waals surface area contributed by atoms with E-state index in [0.29, 0.717) is 11.5 Å². The fraction of sp³-hybridized carbons (Fsp3) is 0.190. The van der Waals surface area contributed by atoms with Gasteiger partial charge in [-0.05, 0) is 41.8 Å². The van der Waals surface area contributed by atoms with Crippen LogP contribution >= 0.6 is 11.3 Å². The molecule has 0 radical (unpaired) electrons. The Labute approximate surface area is 194 Å². The van der Waals surface area contributed by atoms with Crippen LogP contribution in [0.5, 0.6) is 0 Å². The number of amides is 1.